The molecule has 0 aliphatic carbocycles. The highest BCUT2D eigenvalue weighted by atomic mass is 16.4. The highest BCUT2D eigenvalue weighted by Gasteiger charge is 2.48. The number of carbonyl (C=O) groups is 1. The first-order chi connectivity index (χ1) is 6.79. The van der Waals surface area contributed by atoms with Crippen LogP contribution in [0.1, 0.15) is 33.1 Å². The second-order valence-electron chi connectivity index (χ2n) is 5.12. The molecule has 1 atom stereocenters. The maximum absolute atomic E-state index is 11.1. The van der Waals surface area contributed by atoms with Crippen molar-refractivity contribution in [3.63, 3.8) is 0 Å². The number of aliphatic hydroxyl groups is 1. The van der Waals surface area contributed by atoms with Gasteiger partial charge in [0, 0.05) is 6.54 Å². The summed E-state index contributed by atoms with van der Waals surface area (Å²) in [6.45, 7) is 4.91. The Morgan fingerprint density at radius 2 is 1.93 bits per heavy atom. The molecule has 0 saturated carbocycles. The standard InChI is InChI=1S/C11H21NO3/c1-10(2,9(13)14)11(15)5-4-7-12(3)8-6-11/h15H,4-8H2,1-3H3,(H,13,14). The number of rotatable bonds is 2. The van der Waals surface area contributed by atoms with Gasteiger partial charge >= 0.3 is 5.97 Å². The lowest BCUT2D eigenvalue weighted by Gasteiger charge is -2.39. The third-order valence-corrected chi connectivity index (χ3v) is 3.74. The van der Waals surface area contributed by atoms with Crippen LogP contribution in [0, 0.1) is 5.41 Å². The van der Waals surface area contributed by atoms with Gasteiger partial charge in [-0.1, -0.05) is 0 Å². The molecule has 88 valence electrons. The Hall–Kier alpha value is -0.610. The normalized spacial score (nSPS) is 29.9. The van der Waals surface area contributed by atoms with Crippen molar-refractivity contribution in [2.75, 3.05) is 20.1 Å². The number of hydrogen-bond acceptors (Lipinski definition) is 3. The molecule has 4 heteroatoms. The molecule has 1 heterocycles. The molecule has 0 spiro atoms. The minimum Gasteiger partial charge on any atom is -0.481 e. The Morgan fingerprint density at radius 1 is 1.33 bits per heavy atom. The number of likely N-dealkylation sites (tertiary alicyclic amines) is 1. The Morgan fingerprint density at radius 3 is 2.47 bits per heavy atom. The zero-order valence-electron chi connectivity index (χ0n) is 9.79. The third-order valence-electron chi connectivity index (χ3n) is 3.74. The van der Waals surface area contributed by atoms with Gasteiger partial charge in [0.25, 0.3) is 0 Å². The predicted molar refractivity (Wildman–Crippen MR) is 57.7 cm³/mol. The monoisotopic (exact) mass is 215 g/mol. The van der Waals surface area contributed by atoms with Crippen LogP contribution in [-0.4, -0.2) is 46.8 Å². The minimum atomic E-state index is -1.08. The second kappa shape index (κ2) is 4.10. The average Bonchev–Trinajstić information content (AvgIpc) is 2.29. The summed E-state index contributed by atoms with van der Waals surface area (Å²) in [5, 5.41) is 19.6. The quantitative estimate of drug-likeness (QED) is 0.720. The van der Waals surface area contributed by atoms with E-state index in [1.807, 2.05) is 7.05 Å². The number of nitrogens with zero attached hydrogens (tertiary/aromatic N) is 1. The highest BCUT2D eigenvalue weighted by Crippen LogP contribution is 2.39. The summed E-state index contributed by atoms with van der Waals surface area (Å²) in [5.41, 5.74) is -2.15. The lowest BCUT2D eigenvalue weighted by molar-refractivity contribution is -0.166. The van der Waals surface area contributed by atoms with Crippen LogP contribution < -0.4 is 0 Å². The summed E-state index contributed by atoms with van der Waals surface area (Å²) in [6.07, 6.45) is 1.95. The van der Waals surface area contributed by atoms with Crippen molar-refractivity contribution in [1.82, 2.24) is 4.90 Å². The van der Waals surface area contributed by atoms with Gasteiger partial charge in [-0.2, -0.15) is 0 Å². The van der Waals surface area contributed by atoms with Gasteiger partial charge in [0.15, 0.2) is 0 Å². The number of carboxylic acid groups (broad SMARTS) is 1. The van der Waals surface area contributed by atoms with Crippen molar-refractivity contribution < 1.29 is 15.0 Å². The zero-order chi connectivity index (χ0) is 11.7. The van der Waals surface area contributed by atoms with Crippen molar-refractivity contribution in [1.29, 1.82) is 0 Å². The molecule has 0 aromatic rings. The van der Waals surface area contributed by atoms with Crippen molar-refractivity contribution in [3.05, 3.63) is 0 Å². The molecule has 0 bridgehead atoms. The minimum absolute atomic E-state index is 0.531. The van der Waals surface area contributed by atoms with Gasteiger partial charge in [-0.25, -0.2) is 0 Å². The maximum Gasteiger partial charge on any atom is 0.312 e. The van der Waals surface area contributed by atoms with Crippen molar-refractivity contribution in [2.45, 2.75) is 38.7 Å². The van der Waals surface area contributed by atoms with E-state index in [4.69, 9.17) is 5.11 Å². The van der Waals surface area contributed by atoms with E-state index in [1.54, 1.807) is 13.8 Å². The van der Waals surface area contributed by atoms with Crippen LogP contribution in [0.3, 0.4) is 0 Å². The van der Waals surface area contributed by atoms with E-state index in [-0.39, 0.29) is 0 Å². The fraction of sp³-hybridized carbons (Fsp3) is 0.909. The van der Waals surface area contributed by atoms with Crippen LogP contribution in [0.25, 0.3) is 0 Å². The van der Waals surface area contributed by atoms with E-state index >= 15 is 0 Å². The van der Waals surface area contributed by atoms with E-state index in [9.17, 15) is 9.90 Å². The second-order valence-corrected chi connectivity index (χ2v) is 5.12. The van der Waals surface area contributed by atoms with Gasteiger partial charge in [0.05, 0.1) is 11.0 Å². The van der Waals surface area contributed by atoms with Gasteiger partial charge in [0.1, 0.15) is 0 Å². The van der Waals surface area contributed by atoms with Crippen LogP contribution in [0.4, 0.5) is 0 Å². The molecule has 1 aliphatic rings. The summed E-state index contributed by atoms with van der Waals surface area (Å²) in [6, 6.07) is 0. The Bertz CT molecular complexity index is 252. The van der Waals surface area contributed by atoms with Crippen molar-refractivity contribution >= 4 is 5.97 Å². The smallest absolute Gasteiger partial charge is 0.312 e. The molecule has 1 unspecified atom stereocenters. The first-order valence-electron chi connectivity index (χ1n) is 5.44. The first-order valence-corrected chi connectivity index (χ1v) is 5.44. The SMILES string of the molecule is CN1CCCC(O)(C(C)(C)C(=O)O)CC1. The molecule has 1 fully saturated rings. The molecule has 2 N–H and O–H groups in total. The van der Waals surface area contributed by atoms with Gasteiger partial charge in [-0.3, -0.25) is 4.79 Å². The van der Waals surface area contributed by atoms with E-state index in [0.29, 0.717) is 12.8 Å². The summed E-state index contributed by atoms with van der Waals surface area (Å²) >= 11 is 0. The maximum atomic E-state index is 11.1. The van der Waals surface area contributed by atoms with Crippen LogP contribution >= 0.6 is 0 Å². The van der Waals surface area contributed by atoms with Crippen LogP contribution in [0.15, 0.2) is 0 Å². The topological polar surface area (TPSA) is 60.8 Å². The number of carboxylic acids is 1. The summed E-state index contributed by atoms with van der Waals surface area (Å²) in [7, 11) is 2.00. The van der Waals surface area contributed by atoms with Crippen LogP contribution in [-0.2, 0) is 4.79 Å². The van der Waals surface area contributed by atoms with Gasteiger partial charge < -0.3 is 15.1 Å². The zero-order valence-corrected chi connectivity index (χ0v) is 9.79. The first kappa shape index (κ1) is 12.5. The molecule has 1 rings (SSSR count). The van der Waals surface area contributed by atoms with Gasteiger partial charge in [0.2, 0.25) is 0 Å². The van der Waals surface area contributed by atoms with Crippen LogP contribution in [0.2, 0.25) is 0 Å². The molecular weight excluding hydrogens is 194 g/mol. The van der Waals surface area contributed by atoms with Crippen molar-refractivity contribution in [2.24, 2.45) is 5.41 Å². The third kappa shape index (κ3) is 2.32. The fourth-order valence-corrected chi connectivity index (χ4v) is 2.08. The van der Waals surface area contributed by atoms with Gasteiger partial charge in [-0.15, -0.1) is 0 Å². The van der Waals surface area contributed by atoms with E-state index in [2.05, 4.69) is 4.90 Å². The Labute approximate surface area is 90.9 Å². The van der Waals surface area contributed by atoms with Crippen LogP contribution in [0.5, 0.6) is 0 Å². The highest BCUT2D eigenvalue weighted by molar-refractivity contribution is 5.75. The predicted octanol–water partition coefficient (Wildman–Crippen LogP) is 0.944. The summed E-state index contributed by atoms with van der Waals surface area (Å²) in [4.78, 5) is 13.3. The Kier molecular flexibility index (Phi) is 3.41. The number of hydrogen-bond donors (Lipinski definition) is 2. The lowest BCUT2D eigenvalue weighted by atomic mass is 9.71. The molecule has 15 heavy (non-hydrogen) atoms. The molecular formula is C11H21NO3. The lowest BCUT2D eigenvalue weighted by Crippen LogP contribution is -2.50. The average molecular weight is 215 g/mol. The molecule has 0 aromatic heterocycles. The largest absolute Gasteiger partial charge is 0.481 e. The van der Waals surface area contributed by atoms with E-state index in [0.717, 1.165) is 19.5 Å². The molecule has 1 saturated heterocycles. The van der Waals surface area contributed by atoms with E-state index < -0.39 is 17.0 Å². The molecule has 1 aliphatic heterocycles. The molecule has 0 amide bonds. The molecule has 0 radical (unpaired) electrons. The Balaban J connectivity index is 2.85. The fourth-order valence-electron chi connectivity index (χ4n) is 2.08. The molecule has 0 aromatic carbocycles. The van der Waals surface area contributed by atoms with E-state index in [1.165, 1.54) is 0 Å². The molecule has 4 nitrogen and oxygen atoms in total. The number of aliphatic carboxylic acids is 1. The summed E-state index contributed by atoms with van der Waals surface area (Å²) in [5.74, 6) is -0.922. The summed E-state index contributed by atoms with van der Waals surface area (Å²) < 4.78 is 0. The van der Waals surface area contributed by atoms with Gasteiger partial charge in [-0.05, 0) is 46.7 Å². The van der Waals surface area contributed by atoms with Crippen molar-refractivity contribution in [3.8, 4) is 0 Å².